The van der Waals surface area contributed by atoms with E-state index in [-0.39, 0.29) is 11.8 Å². The van der Waals surface area contributed by atoms with Crippen molar-refractivity contribution in [2.75, 3.05) is 6.54 Å². The topological polar surface area (TPSA) is 63.3 Å². The molecule has 0 radical (unpaired) electrons. The number of aliphatic carboxylic acids is 1. The molecule has 3 N–H and O–H groups in total. The number of carboxylic acid groups (broad SMARTS) is 1. The highest BCUT2D eigenvalue weighted by Crippen LogP contribution is 2.62. The molecule has 3 heteroatoms. The Morgan fingerprint density at radius 1 is 0.704 bits per heavy atom. The molecule has 3 aliphatic carbocycles. The Labute approximate surface area is 158 Å². The number of hydrogen-bond acceptors (Lipinski definition) is 2. The normalized spacial score (nSPS) is 24.0. The number of hydrogen-bond donors (Lipinski definition) is 2. The average Bonchev–Trinajstić information content (AvgIpc) is 2.72. The van der Waals surface area contributed by atoms with Crippen LogP contribution in [0.2, 0.25) is 0 Å². The third kappa shape index (κ3) is 1.82. The molecule has 0 saturated carbocycles. The lowest BCUT2D eigenvalue weighted by atomic mass is 9.46. The molecule has 3 aromatic rings. The predicted octanol–water partition coefficient (Wildman–Crippen LogP) is 3.81. The molecule has 0 aromatic heterocycles. The van der Waals surface area contributed by atoms with Crippen molar-refractivity contribution in [1.82, 2.24) is 0 Å². The SMILES string of the molecule is NCC12c3ccccc3C(CCC(=O)O)(c3ccccc31)c1ccccc12. The maximum atomic E-state index is 11.5. The molecular formula is C24H21NO2. The van der Waals surface area contributed by atoms with Crippen LogP contribution in [-0.2, 0) is 15.6 Å². The van der Waals surface area contributed by atoms with Gasteiger partial charge in [0.05, 0.1) is 5.41 Å². The lowest BCUT2D eigenvalue weighted by Gasteiger charge is -2.56. The standard InChI is InChI=1S/C24H21NO2/c25-15-24-19-10-4-1-7-16(19)23(14-13-22(26)27,17-8-2-5-11-20(17)24)18-9-3-6-12-21(18)24/h1-12H,13-15,25H2,(H,26,27). The van der Waals surface area contributed by atoms with E-state index >= 15 is 0 Å². The Hall–Kier alpha value is -2.91. The van der Waals surface area contributed by atoms with E-state index < -0.39 is 11.4 Å². The molecule has 0 saturated heterocycles. The predicted molar refractivity (Wildman–Crippen MR) is 105 cm³/mol. The zero-order valence-corrected chi connectivity index (χ0v) is 15.0. The van der Waals surface area contributed by atoms with Crippen LogP contribution in [0.5, 0.6) is 0 Å². The molecule has 2 bridgehead atoms. The van der Waals surface area contributed by atoms with Crippen LogP contribution in [0.25, 0.3) is 0 Å². The second kappa shape index (κ2) is 5.54. The molecule has 0 unspecified atom stereocenters. The van der Waals surface area contributed by atoms with Crippen molar-refractivity contribution in [3.05, 3.63) is 106 Å². The van der Waals surface area contributed by atoms with E-state index in [9.17, 15) is 9.90 Å². The minimum atomic E-state index is -0.766. The summed E-state index contributed by atoms with van der Waals surface area (Å²) in [5, 5.41) is 9.49. The number of carbonyl (C=O) groups is 1. The van der Waals surface area contributed by atoms with Crippen LogP contribution in [0.4, 0.5) is 0 Å². The molecule has 0 fully saturated rings. The van der Waals surface area contributed by atoms with Gasteiger partial charge in [0.15, 0.2) is 0 Å². The third-order valence-electron chi connectivity index (χ3n) is 6.56. The first kappa shape index (κ1) is 16.3. The Bertz CT molecular complexity index is 951. The van der Waals surface area contributed by atoms with Crippen LogP contribution in [0.1, 0.15) is 46.2 Å². The van der Waals surface area contributed by atoms with Gasteiger partial charge in [0.2, 0.25) is 0 Å². The second-order valence-corrected chi connectivity index (χ2v) is 7.55. The maximum Gasteiger partial charge on any atom is 0.303 e. The summed E-state index contributed by atoms with van der Waals surface area (Å²) in [4.78, 5) is 11.5. The zero-order valence-electron chi connectivity index (χ0n) is 15.0. The van der Waals surface area contributed by atoms with Gasteiger partial charge in [-0.3, -0.25) is 4.79 Å². The molecular weight excluding hydrogens is 334 g/mol. The van der Waals surface area contributed by atoms with Crippen molar-refractivity contribution >= 4 is 5.97 Å². The molecule has 0 spiro atoms. The van der Waals surface area contributed by atoms with E-state index in [2.05, 4.69) is 72.8 Å². The minimum absolute atomic E-state index is 0.118. The van der Waals surface area contributed by atoms with Crippen LogP contribution in [0, 0.1) is 0 Å². The summed E-state index contributed by atoms with van der Waals surface area (Å²) in [6, 6.07) is 25.3. The van der Waals surface area contributed by atoms with E-state index in [0.717, 1.165) is 0 Å². The van der Waals surface area contributed by atoms with Gasteiger partial charge in [0.1, 0.15) is 0 Å². The molecule has 0 atom stereocenters. The fourth-order valence-electron chi connectivity index (χ4n) is 5.58. The fraction of sp³-hybridized carbons (Fsp3) is 0.208. The first-order valence-electron chi connectivity index (χ1n) is 9.38. The van der Waals surface area contributed by atoms with Gasteiger partial charge in [-0.15, -0.1) is 0 Å². The van der Waals surface area contributed by atoms with Crippen LogP contribution < -0.4 is 5.73 Å². The number of benzene rings is 3. The van der Waals surface area contributed by atoms with Crippen molar-refractivity contribution in [2.45, 2.75) is 23.7 Å². The van der Waals surface area contributed by atoms with Crippen LogP contribution in [0.15, 0.2) is 72.8 Å². The van der Waals surface area contributed by atoms with Crippen molar-refractivity contribution in [1.29, 1.82) is 0 Å². The van der Waals surface area contributed by atoms with Crippen molar-refractivity contribution in [3.8, 4) is 0 Å². The van der Waals surface area contributed by atoms with Gasteiger partial charge in [0.25, 0.3) is 0 Å². The summed E-state index contributed by atoms with van der Waals surface area (Å²) in [5.74, 6) is -0.766. The number of carboxylic acids is 1. The number of rotatable bonds is 4. The summed E-state index contributed by atoms with van der Waals surface area (Å²) in [5.41, 5.74) is 12.9. The quantitative estimate of drug-likeness (QED) is 0.748. The summed E-state index contributed by atoms with van der Waals surface area (Å²) in [7, 11) is 0. The third-order valence-corrected chi connectivity index (χ3v) is 6.56. The largest absolute Gasteiger partial charge is 0.481 e. The summed E-state index contributed by atoms with van der Waals surface area (Å²) in [6.45, 7) is 0.479. The molecule has 134 valence electrons. The average molecular weight is 355 g/mol. The molecule has 27 heavy (non-hydrogen) atoms. The molecule has 0 amide bonds. The van der Waals surface area contributed by atoms with Crippen LogP contribution >= 0.6 is 0 Å². The summed E-state index contributed by atoms with van der Waals surface area (Å²) in [6.07, 6.45) is 0.653. The summed E-state index contributed by atoms with van der Waals surface area (Å²) < 4.78 is 0. The van der Waals surface area contributed by atoms with E-state index in [1.54, 1.807) is 0 Å². The van der Waals surface area contributed by atoms with E-state index in [4.69, 9.17) is 5.73 Å². The molecule has 0 aliphatic heterocycles. The van der Waals surface area contributed by atoms with Gasteiger partial charge >= 0.3 is 5.97 Å². The number of nitrogens with two attached hydrogens (primary N) is 1. The van der Waals surface area contributed by atoms with Crippen LogP contribution in [-0.4, -0.2) is 17.6 Å². The van der Waals surface area contributed by atoms with Crippen LogP contribution in [0.3, 0.4) is 0 Å². The van der Waals surface area contributed by atoms with Gasteiger partial charge in [-0.25, -0.2) is 0 Å². The molecule has 3 aliphatic rings. The Kier molecular flexibility index (Phi) is 3.34. The molecule has 6 rings (SSSR count). The second-order valence-electron chi connectivity index (χ2n) is 7.55. The molecule has 3 aromatic carbocycles. The van der Waals surface area contributed by atoms with Gasteiger partial charge in [-0.05, 0) is 39.8 Å². The van der Waals surface area contributed by atoms with Crippen molar-refractivity contribution in [3.63, 3.8) is 0 Å². The highest BCUT2D eigenvalue weighted by atomic mass is 16.4. The molecule has 3 nitrogen and oxygen atoms in total. The Morgan fingerprint density at radius 2 is 1.04 bits per heavy atom. The highest BCUT2D eigenvalue weighted by molar-refractivity contribution is 5.76. The van der Waals surface area contributed by atoms with Gasteiger partial charge in [-0.2, -0.15) is 0 Å². The lowest BCUT2D eigenvalue weighted by molar-refractivity contribution is -0.137. The first-order chi connectivity index (χ1) is 13.2. The van der Waals surface area contributed by atoms with E-state index in [1.807, 2.05) is 0 Å². The zero-order chi connectivity index (χ0) is 18.6. The highest BCUT2D eigenvalue weighted by Gasteiger charge is 2.57. The smallest absolute Gasteiger partial charge is 0.303 e. The summed E-state index contributed by atoms with van der Waals surface area (Å²) >= 11 is 0. The van der Waals surface area contributed by atoms with Crippen molar-refractivity contribution < 1.29 is 9.90 Å². The van der Waals surface area contributed by atoms with E-state index in [0.29, 0.717) is 13.0 Å². The maximum absolute atomic E-state index is 11.5. The minimum Gasteiger partial charge on any atom is -0.481 e. The van der Waals surface area contributed by atoms with Crippen molar-refractivity contribution in [2.24, 2.45) is 5.73 Å². The molecule has 0 heterocycles. The Morgan fingerprint density at radius 3 is 1.33 bits per heavy atom. The van der Waals surface area contributed by atoms with Gasteiger partial charge in [-0.1, -0.05) is 72.8 Å². The van der Waals surface area contributed by atoms with Gasteiger partial charge < -0.3 is 10.8 Å². The first-order valence-corrected chi connectivity index (χ1v) is 9.38. The fourth-order valence-corrected chi connectivity index (χ4v) is 5.58. The monoisotopic (exact) mass is 355 g/mol. The lowest BCUT2D eigenvalue weighted by Crippen LogP contribution is -2.54. The van der Waals surface area contributed by atoms with E-state index in [1.165, 1.54) is 33.4 Å². The Balaban J connectivity index is 1.96. The van der Waals surface area contributed by atoms with Gasteiger partial charge in [0, 0.05) is 18.4 Å².